The zero-order valence-electron chi connectivity index (χ0n) is 33.5. The van der Waals surface area contributed by atoms with Crippen LogP contribution in [0.5, 0.6) is 0 Å². The second-order valence-corrected chi connectivity index (χ2v) is 15.6. The highest BCUT2D eigenvalue weighted by Crippen LogP contribution is 2.42. The lowest BCUT2D eigenvalue weighted by Crippen LogP contribution is -1.96. The summed E-state index contributed by atoms with van der Waals surface area (Å²) in [4.78, 5) is 10.4. The average Bonchev–Trinajstić information content (AvgIpc) is 3.94. The Morgan fingerprint density at radius 2 is 0.935 bits per heavy atom. The lowest BCUT2D eigenvalue weighted by molar-refractivity contribution is 0.669. The fourth-order valence-corrected chi connectivity index (χ4v) is 8.81. The molecule has 0 aliphatic rings. The average molecular weight is 793 g/mol. The largest absolute Gasteiger partial charge is 0.456 e. The number of benzene rings is 8. The summed E-state index contributed by atoms with van der Waals surface area (Å²) in [5.74, 6) is 0.668. The monoisotopic (exact) mass is 792 g/mol. The van der Waals surface area contributed by atoms with Gasteiger partial charge in [0.15, 0.2) is 5.82 Å². The van der Waals surface area contributed by atoms with E-state index in [1.54, 1.807) is 0 Å². The lowest BCUT2D eigenvalue weighted by atomic mass is 9.95. The van der Waals surface area contributed by atoms with Gasteiger partial charge in [-0.25, -0.2) is 14.5 Å². The first-order valence-corrected chi connectivity index (χ1v) is 20.8. The molecule has 5 heteroatoms. The third-order valence-electron chi connectivity index (χ3n) is 11.8. The Hall–Kier alpha value is -8.41. The van der Waals surface area contributed by atoms with Crippen LogP contribution in [0, 0.1) is 0 Å². The van der Waals surface area contributed by atoms with E-state index >= 15 is 0 Å². The number of hydrogen-bond donors (Lipinski definition) is 0. The van der Waals surface area contributed by atoms with Crippen LogP contribution in [0.1, 0.15) is 0 Å². The summed E-state index contributed by atoms with van der Waals surface area (Å²) >= 11 is 0. The Morgan fingerprint density at radius 1 is 0.355 bits per heavy atom. The number of pyridine rings is 1. The lowest BCUT2D eigenvalue weighted by Gasteiger charge is -2.11. The molecule has 0 spiro atoms. The first-order valence-electron chi connectivity index (χ1n) is 20.8. The van der Waals surface area contributed by atoms with E-state index in [0.717, 1.165) is 106 Å². The van der Waals surface area contributed by atoms with E-state index in [9.17, 15) is 0 Å². The minimum absolute atomic E-state index is 0.668. The van der Waals surface area contributed by atoms with Crippen molar-refractivity contribution in [2.24, 2.45) is 0 Å². The number of nitrogens with zero attached hydrogens (tertiary/aromatic N) is 4. The molecule has 290 valence electrons. The van der Waals surface area contributed by atoms with Crippen molar-refractivity contribution < 1.29 is 4.42 Å². The minimum Gasteiger partial charge on any atom is -0.456 e. The Kier molecular flexibility index (Phi) is 8.42. The first-order chi connectivity index (χ1) is 30.7. The number of furan rings is 1. The van der Waals surface area contributed by atoms with Gasteiger partial charge in [0.1, 0.15) is 16.9 Å². The summed E-state index contributed by atoms with van der Waals surface area (Å²) < 4.78 is 8.24. The molecule has 0 amide bonds. The highest BCUT2D eigenvalue weighted by Gasteiger charge is 2.22. The molecule has 5 nitrogen and oxygen atoms in total. The fourth-order valence-electron chi connectivity index (χ4n) is 8.81. The Morgan fingerprint density at radius 3 is 1.71 bits per heavy atom. The number of rotatable bonds is 7. The first kappa shape index (κ1) is 35.5. The summed E-state index contributed by atoms with van der Waals surface area (Å²) in [7, 11) is 0. The molecule has 0 saturated heterocycles. The van der Waals surface area contributed by atoms with E-state index in [1.165, 1.54) is 5.39 Å². The summed E-state index contributed by atoms with van der Waals surface area (Å²) in [6.45, 7) is 0. The summed E-state index contributed by atoms with van der Waals surface area (Å²) in [6.07, 6.45) is 0. The van der Waals surface area contributed by atoms with Crippen LogP contribution in [0.25, 0.3) is 117 Å². The van der Waals surface area contributed by atoms with Gasteiger partial charge in [0, 0.05) is 49.5 Å². The van der Waals surface area contributed by atoms with Crippen molar-refractivity contribution in [3.05, 3.63) is 218 Å². The zero-order valence-corrected chi connectivity index (χ0v) is 33.5. The van der Waals surface area contributed by atoms with Gasteiger partial charge in [0.2, 0.25) is 0 Å². The van der Waals surface area contributed by atoms with Crippen molar-refractivity contribution in [1.29, 1.82) is 0 Å². The van der Waals surface area contributed by atoms with Crippen LogP contribution in [-0.2, 0) is 0 Å². The molecule has 0 aliphatic heterocycles. The van der Waals surface area contributed by atoms with Crippen molar-refractivity contribution in [1.82, 2.24) is 19.6 Å². The number of para-hydroxylation sites is 1. The third kappa shape index (κ3) is 6.14. The zero-order chi connectivity index (χ0) is 41.0. The maximum absolute atomic E-state index is 6.11. The number of aromatic nitrogens is 4. The highest BCUT2D eigenvalue weighted by atomic mass is 16.3. The molecule has 0 N–H and O–H groups in total. The van der Waals surface area contributed by atoms with Crippen LogP contribution in [0.4, 0.5) is 0 Å². The molecule has 0 bridgehead atoms. The van der Waals surface area contributed by atoms with Crippen LogP contribution >= 0.6 is 0 Å². The van der Waals surface area contributed by atoms with Gasteiger partial charge in [-0.15, -0.1) is 0 Å². The Labute approximate surface area is 357 Å². The molecule has 4 heterocycles. The molecule has 0 unspecified atom stereocenters. The maximum atomic E-state index is 6.11. The normalized spacial score (nSPS) is 11.5. The van der Waals surface area contributed by atoms with E-state index in [2.05, 4.69) is 193 Å². The van der Waals surface area contributed by atoms with Gasteiger partial charge >= 0.3 is 0 Å². The van der Waals surface area contributed by atoms with E-state index in [4.69, 9.17) is 19.5 Å². The predicted molar refractivity (Wildman–Crippen MR) is 254 cm³/mol. The fraction of sp³-hybridized carbons (Fsp3) is 0. The molecule has 12 rings (SSSR count). The predicted octanol–water partition coefficient (Wildman–Crippen LogP) is 14.8. The molecule has 0 aliphatic carbocycles. The van der Waals surface area contributed by atoms with Crippen molar-refractivity contribution in [3.63, 3.8) is 0 Å². The smallest absolute Gasteiger partial charge is 0.160 e. The highest BCUT2D eigenvalue weighted by molar-refractivity contribution is 6.09. The second-order valence-electron chi connectivity index (χ2n) is 15.6. The van der Waals surface area contributed by atoms with Gasteiger partial charge < -0.3 is 4.42 Å². The summed E-state index contributed by atoms with van der Waals surface area (Å²) in [5, 5.41) is 10.0. The van der Waals surface area contributed by atoms with Gasteiger partial charge in [0.25, 0.3) is 0 Å². The van der Waals surface area contributed by atoms with Crippen LogP contribution in [-0.4, -0.2) is 19.6 Å². The summed E-state index contributed by atoms with van der Waals surface area (Å²) in [6, 6.07) is 76.2. The number of fused-ring (bicyclic) bond motifs is 6. The molecular weight excluding hydrogens is 757 g/mol. The summed E-state index contributed by atoms with van der Waals surface area (Å²) in [5.41, 5.74) is 16.0. The van der Waals surface area contributed by atoms with E-state index in [-0.39, 0.29) is 0 Å². The van der Waals surface area contributed by atoms with Gasteiger partial charge in [0.05, 0.1) is 22.6 Å². The van der Waals surface area contributed by atoms with Gasteiger partial charge in [-0.05, 0) is 58.5 Å². The van der Waals surface area contributed by atoms with Crippen LogP contribution in [0.2, 0.25) is 0 Å². The molecular formula is C57H36N4O. The van der Waals surface area contributed by atoms with E-state index in [0.29, 0.717) is 5.82 Å². The molecule has 62 heavy (non-hydrogen) atoms. The molecule has 0 atom stereocenters. The van der Waals surface area contributed by atoms with Crippen molar-refractivity contribution >= 4 is 38.2 Å². The molecule has 4 aromatic heterocycles. The van der Waals surface area contributed by atoms with Crippen molar-refractivity contribution in [2.75, 3.05) is 0 Å². The third-order valence-corrected chi connectivity index (χ3v) is 11.8. The van der Waals surface area contributed by atoms with Gasteiger partial charge in [-0.3, -0.25) is 0 Å². The Bertz CT molecular complexity index is 3610. The van der Waals surface area contributed by atoms with Crippen LogP contribution in [0.3, 0.4) is 0 Å². The minimum atomic E-state index is 0.668. The molecule has 12 aromatic rings. The van der Waals surface area contributed by atoms with Crippen molar-refractivity contribution in [2.45, 2.75) is 0 Å². The maximum Gasteiger partial charge on any atom is 0.160 e. The second kappa shape index (κ2) is 14.7. The Balaban J connectivity index is 1.00. The van der Waals surface area contributed by atoms with Crippen molar-refractivity contribution in [3.8, 4) is 78.7 Å². The van der Waals surface area contributed by atoms with Crippen LogP contribution in [0.15, 0.2) is 223 Å². The van der Waals surface area contributed by atoms with E-state index in [1.807, 2.05) is 30.3 Å². The van der Waals surface area contributed by atoms with E-state index < -0.39 is 0 Å². The molecule has 0 radical (unpaired) electrons. The topological polar surface area (TPSA) is 56.2 Å². The quantitative estimate of drug-likeness (QED) is 0.161. The van der Waals surface area contributed by atoms with Gasteiger partial charge in [-0.1, -0.05) is 182 Å². The van der Waals surface area contributed by atoms with Gasteiger partial charge in [-0.2, -0.15) is 5.10 Å². The van der Waals surface area contributed by atoms with Crippen LogP contribution < -0.4 is 0 Å². The molecule has 8 aromatic carbocycles. The molecule has 0 fully saturated rings. The number of hydrogen-bond acceptors (Lipinski definition) is 4. The SMILES string of the molecule is c1ccc(-c2nc(-c3ccc(-c4ccc5oc6ccccc6c5c4)cc3)cc(-c3cccc(-c4nn5c(-c6ccccc6)cc6ccccc6c5c4-c4ccccc4)c3)n2)cc1. The molecule has 0 saturated carbocycles. The standard InChI is InChI=1S/C57H36N4O/c1-4-15-39(16-5-1)51-35-43-21-10-11-24-46(43)56-54(40-17-6-2-7-18-40)55(60-61(51)56)45-23-14-22-44(33-45)50-36-49(58-57(59-50)41-19-8-3-9-20-41)38-29-27-37(28-30-38)42-31-32-53-48(34-42)47-25-12-13-26-52(47)62-53/h1-36H.